The second-order valence-corrected chi connectivity index (χ2v) is 27.3. The molecule has 4 amide bonds. The molecule has 0 aliphatic rings. The fraction of sp³-hybridized carbons (Fsp3) is 0.778. The van der Waals surface area contributed by atoms with Gasteiger partial charge in [0.2, 0.25) is 11.8 Å². The Morgan fingerprint density at radius 2 is 0.762 bits per heavy atom. The van der Waals surface area contributed by atoms with Crippen molar-refractivity contribution in [1.29, 1.82) is 0 Å². The molecule has 4 N–H and O–H groups in total. The summed E-state index contributed by atoms with van der Waals surface area (Å²) in [5, 5.41) is 9.94. The first kappa shape index (κ1) is 74.3. The SMILES string of the molecule is CC(=O)OC[C@H](CC(=O)CC[C@H](NC(=O)OC(C)(C)C)C(=O)OC(C)(C)C)C(=O)N[C@@H](CSSC[C@H](CC(=O)[C@H](COC(C)=O)NC(=O)CC[C@H](NC(=O)OC(C)(C)C)C(=O)OC(C)(C)C)C(=O)OC(C)(C)C)C(=O)OC(C)(C)C. The van der Waals surface area contributed by atoms with Crippen LogP contribution in [-0.4, -0.2) is 154 Å². The molecule has 0 saturated carbocycles. The van der Waals surface area contributed by atoms with Crippen molar-refractivity contribution in [3.05, 3.63) is 0 Å². The fourth-order valence-electron chi connectivity index (χ4n) is 6.29. The van der Waals surface area contributed by atoms with Gasteiger partial charge in [-0.15, -0.1) is 0 Å². The van der Waals surface area contributed by atoms with Crippen LogP contribution in [-0.2, 0) is 85.8 Å². The molecule has 0 bridgehead atoms. The number of amides is 4. The molecule has 26 heteroatoms. The predicted octanol–water partition coefficient (Wildman–Crippen LogP) is 6.33. The van der Waals surface area contributed by atoms with Gasteiger partial charge in [0.25, 0.3) is 0 Å². The largest absolute Gasteiger partial charge is 0.465 e. The summed E-state index contributed by atoms with van der Waals surface area (Å²) >= 11 is 0. The number of esters is 6. The van der Waals surface area contributed by atoms with E-state index in [1.165, 1.54) is 0 Å². The van der Waals surface area contributed by atoms with Crippen molar-refractivity contribution in [2.75, 3.05) is 24.7 Å². The predicted molar refractivity (Wildman–Crippen MR) is 296 cm³/mol. The van der Waals surface area contributed by atoms with Crippen LogP contribution >= 0.6 is 21.6 Å². The summed E-state index contributed by atoms with van der Waals surface area (Å²) in [5.74, 6) is -10.8. The maximum Gasteiger partial charge on any atom is 0.408 e. The minimum Gasteiger partial charge on any atom is -0.465 e. The minimum absolute atomic E-state index is 0.140. The van der Waals surface area contributed by atoms with Crippen LogP contribution in [0.5, 0.6) is 0 Å². The van der Waals surface area contributed by atoms with Crippen molar-refractivity contribution < 1.29 is 95.4 Å². The molecule has 0 fully saturated rings. The van der Waals surface area contributed by atoms with Crippen LogP contribution in [0.4, 0.5) is 9.59 Å². The van der Waals surface area contributed by atoms with Crippen LogP contribution in [0.1, 0.15) is 177 Å². The Bertz CT molecular complexity index is 2010. The van der Waals surface area contributed by atoms with E-state index >= 15 is 0 Å². The van der Waals surface area contributed by atoms with Crippen LogP contribution in [0.3, 0.4) is 0 Å². The first-order valence-electron chi connectivity index (χ1n) is 26.2. The molecular weight excluding hydrogens is 1090 g/mol. The molecule has 0 heterocycles. The number of nitrogens with one attached hydrogen (secondary N) is 4. The van der Waals surface area contributed by atoms with Crippen LogP contribution in [0.15, 0.2) is 0 Å². The molecule has 0 aromatic carbocycles. The summed E-state index contributed by atoms with van der Waals surface area (Å²) in [7, 11) is 2.01. The second kappa shape index (κ2) is 32.7. The van der Waals surface area contributed by atoms with Gasteiger partial charge in [-0.25, -0.2) is 24.0 Å². The van der Waals surface area contributed by atoms with E-state index in [-0.39, 0.29) is 30.8 Å². The van der Waals surface area contributed by atoms with Gasteiger partial charge in [0.05, 0.1) is 11.8 Å². The van der Waals surface area contributed by atoms with Crippen LogP contribution in [0, 0.1) is 11.8 Å². The Hall–Kier alpha value is -5.66. The number of carbonyl (C=O) groups excluding carboxylic acids is 12. The topological polar surface area (TPSA) is 327 Å². The van der Waals surface area contributed by atoms with Gasteiger partial charge in [-0.2, -0.15) is 0 Å². The van der Waals surface area contributed by atoms with Gasteiger partial charge in [0.15, 0.2) is 5.78 Å². The highest BCUT2D eigenvalue weighted by Crippen LogP contribution is 2.29. The zero-order valence-corrected chi connectivity index (χ0v) is 52.1. The summed E-state index contributed by atoms with van der Waals surface area (Å²) in [4.78, 5) is 158. The lowest BCUT2D eigenvalue weighted by Crippen LogP contribution is -2.48. The third-order valence-electron chi connectivity index (χ3n) is 9.43. The van der Waals surface area contributed by atoms with Gasteiger partial charge in [0.1, 0.15) is 76.8 Å². The fourth-order valence-corrected chi connectivity index (χ4v) is 8.73. The molecule has 0 radical (unpaired) electrons. The molecule has 0 rings (SSSR count). The molecule has 0 saturated heterocycles. The normalized spacial score (nSPS) is 14.4. The van der Waals surface area contributed by atoms with Crippen molar-refractivity contribution in [1.82, 2.24) is 21.3 Å². The molecule has 0 aromatic rings. The Balaban J connectivity index is 6.58. The highest BCUT2D eigenvalue weighted by atomic mass is 33.1. The number of carbonyl (C=O) groups is 12. The van der Waals surface area contributed by atoms with E-state index in [0.717, 1.165) is 35.4 Å². The van der Waals surface area contributed by atoms with Crippen molar-refractivity contribution in [2.45, 2.75) is 235 Å². The van der Waals surface area contributed by atoms with E-state index in [9.17, 15) is 57.5 Å². The molecule has 0 spiro atoms. The molecule has 6 atom stereocenters. The molecule has 0 aliphatic carbocycles. The van der Waals surface area contributed by atoms with Gasteiger partial charge in [-0.05, 0) is 137 Å². The maximum atomic E-state index is 14.0. The number of hydrogen-bond donors (Lipinski definition) is 4. The molecule has 80 heavy (non-hydrogen) atoms. The van der Waals surface area contributed by atoms with Crippen molar-refractivity contribution in [3.63, 3.8) is 0 Å². The van der Waals surface area contributed by atoms with Crippen molar-refractivity contribution in [3.8, 4) is 0 Å². The lowest BCUT2D eigenvalue weighted by molar-refractivity contribution is -0.161. The van der Waals surface area contributed by atoms with E-state index < -0.39 is 173 Å². The summed E-state index contributed by atoms with van der Waals surface area (Å²) in [6, 6.07) is -5.57. The molecule has 0 aromatic heterocycles. The molecule has 0 unspecified atom stereocenters. The monoisotopic (exact) mass is 1180 g/mol. The van der Waals surface area contributed by atoms with E-state index in [1.807, 2.05) is 0 Å². The third kappa shape index (κ3) is 37.3. The summed E-state index contributed by atoms with van der Waals surface area (Å²) in [5.41, 5.74) is -5.81. The molecule has 458 valence electrons. The number of ketones is 2. The lowest BCUT2D eigenvalue weighted by atomic mass is 9.98. The number of rotatable bonds is 29. The minimum atomic E-state index is -1.49. The maximum absolute atomic E-state index is 14.0. The van der Waals surface area contributed by atoms with Crippen LogP contribution in [0.25, 0.3) is 0 Å². The number of alkyl carbamates (subject to hydrolysis) is 2. The summed E-state index contributed by atoms with van der Waals surface area (Å²) in [6.07, 6.45) is -4.31. The van der Waals surface area contributed by atoms with Crippen LogP contribution in [0.2, 0.25) is 0 Å². The zero-order valence-electron chi connectivity index (χ0n) is 50.5. The van der Waals surface area contributed by atoms with E-state index in [4.69, 9.17) is 37.9 Å². The van der Waals surface area contributed by atoms with Gasteiger partial charge < -0.3 is 59.2 Å². The average molecular weight is 1180 g/mol. The first-order chi connectivity index (χ1) is 36.1. The number of Topliss-reactive ketones (excluding diaryl/α,β-unsaturated/α-hetero) is 2. The first-order valence-corrected chi connectivity index (χ1v) is 28.7. The highest BCUT2D eigenvalue weighted by molar-refractivity contribution is 8.76. The average Bonchev–Trinajstić information content (AvgIpc) is 3.23. The van der Waals surface area contributed by atoms with Crippen molar-refractivity contribution >= 4 is 93.0 Å². The zero-order chi connectivity index (χ0) is 62.4. The Morgan fingerprint density at radius 3 is 1.18 bits per heavy atom. The van der Waals surface area contributed by atoms with Gasteiger partial charge >= 0.3 is 48.0 Å². The number of ether oxygens (including phenoxy) is 8. The van der Waals surface area contributed by atoms with E-state index in [2.05, 4.69) is 21.3 Å². The van der Waals surface area contributed by atoms with Crippen molar-refractivity contribution in [2.24, 2.45) is 11.8 Å². The Labute approximate surface area is 479 Å². The second-order valence-electron chi connectivity index (χ2n) is 24.8. The lowest BCUT2D eigenvalue weighted by Gasteiger charge is -2.27. The third-order valence-corrected chi connectivity index (χ3v) is 11.9. The van der Waals surface area contributed by atoms with Gasteiger partial charge in [0, 0.05) is 51.0 Å². The molecule has 24 nitrogen and oxygen atoms in total. The Morgan fingerprint density at radius 1 is 0.388 bits per heavy atom. The standard InChI is InChI=1S/C54H90N4O20S2/c1-31(59)71-27-33(25-35(61)21-22-36(44(66)74-50(6,7)8)57-47(69)77-53(15,16)17)42(64)56-39(46(68)76-52(12,13)14)30-80-79-29-34(43(65)73-49(3,4)5)26-40(62)38(28-72-32(2)60)55-41(63)24-23-37(45(67)75-51(9,10)11)58-48(70)78-54(18,19)20/h33-34,36-39H,21-30H2,1-20H3,(H,55,63)(H,56,64)(H,57,69)(H,58,70)/t33-,34-,36-,37-,38-,39-/m0/s1. The van der Waals surface area contributed by atoms with Crippen LogP contribution < -0.4 is 21.3 Å². The summed E-state index contributed by atoms with van der Waals surface area (Å²) < 4.78 is 43.0. The number of hydrogen-bond acceptors (Lipinski definition) is 22. The van der Waals surface area contributed by atoms with E-state index in [1.54, 1.807) is 125 Å². The molecule has 0 aliphatic heterocycles. The van der Waals surface area contributed by atoms with Gasteiger partial charge in [-0.3, -0.25) is 33.6 Å². The Kier molecular flexibility index (Phi) is 30.4. The quantitative estimate of drug-likeness (QED) is 0.0275. The molecular formula is C54H90N4O20S2. The highest BCUT2D eigenvalue weighted by Gasteiger charge is 2.36. The van der Waals surface area contributed by atoms with Gasteiger partial charge in [-0.1, -0.05) is 21.6 Å². The van der Waals surface area contributed by atoms with E-state index in [0.29, 0.717) is 0 Å². The summed E-state index contributed by atoms with van der Waals surface area (Å²) in [6.45, 7) is 30.0. The smallest absolute Gasteiger partial charge is 0.408 e.